The SMILES string of the molecule is Nc1cc(OC(=O)c2cccc3ccccc23)nn1S(=O)(=O)c1ccc(Cl)cc1. The maximum atomic E-state index is 12.7. The first-order valence-electron chi connectivity index (χ1n) is 8.43. The van der Waals surface area contributed by atoms with Crippen LogP contribution in [0, 0.1) is 0 Å². The number of hydrogen-bond acceptors (Lipinski definition) is 6. The molecule has 29 heavy (non-hydrogen) atoms. The van der Waals surface area contributed by atoms with E-state index in [1.807, 2.05) is 24.3 Å². The molecule has 1 aromatic heterocycles. The highest BCUT2D eigenvalue weighted by atomic mass is 35.5. The van der Waals surface area contributed by atoms with Crippen LogP contribution in [0.1, 0.15) is 10.4 Å². The number of carbonyl (C=O) groups is 1. The molecule has 0 amide bonds. The van der Waals surface area contributed by atoms with Crippen molar-refractivity contribution in [2.75, 3.05) is 5.73 Å². The molecule has 0 aliphatic heterocycles. The molecule has 0 bridgehead atoms. The molecule has 1 heterocycles. The summed E-state index contributed by atoms with van der Waals surface area (Å²) in [6.07, 6.45) is 0. The molecule has 0 aliphatic rings. The van der Waals surface area contributed by atoms with Gasteiger partial charge in [-0.1, -0.05) is 48.0 Å². The normalized spacial score (nSPS) is 11.5. The molecule has 7 nitrogen and oxygen atoms in total. The first-order valence-corrected chi connectivity index (χ1v) is 10.2. The highest BCUT2D eigenvalue weighted by Gasteiger charge is 2.23. The van der Waals surface area contributed by atoms with Crippen molar-refractivity contribution in [2.24, 2.45) is 0 Å². The van der Waals surface area contributed by atoms with Crippen molar-refractivity contribution >= 4 is 44.2 Å². The van der Waals surface area contributed by atoms with Gasteiger partial charge in [-0.2, -0.15) is 8.42 Å². The van der Waals surface area contributed by atoms with E-state index in [2.05, 4.69) is 5.10 Å². The van der Waals surface area contributed by atoms with E-state index >= 15 is 0 Å². The van der Waals surface area contributed by atoms with Gasteiger partial charge in [0.2, 0.25) is 5.88 Å². The molecule has 0 radical (unpaired) electrons. The fraction of sp³-hybridized carbons (Fsp3) is 0. The number of benzene rings is 3. The van der Waals surface area contributed by atoms with E-state index in [1.165, 1.54) is 30.3 Å². The van der Waals surface area contributed by atoms with Gasteiger partial charge in [-0.05, 0) is 41.1 Å². The van der Waals surface area contributed by atoms with Gasteiger partial charge in [0.05, 0.1) is 10.5 Å². The van der Waals surface area contributed by atoms with E-state index in [-0.39, 0.29) is 16.6 Å². The number of nitrogens with two attached hydrogens (primary N) is 1. The Morgan fingerprint density at radius 1 is 1.00 bits per heavy atom. The second-order valence-corrected chi connectivity index (χ2v) is 8.33. The van der Waals surface area contributed by atoms with Crippen molar-refractivity contribution in [1.29, 1.82) is 0 Å². The van der Waals surface area contributed by atoms with Gasteiger partial charge in [-0.15, -0.1) is 9.19 Å². The molecule has 0 unspecified atom stereocenters. The van der Waals surface area contributed by atoms with Gasteiger partial charge in [0.1, 0.15) is 5.82 Å². The number of halogens is 1. The zero-order chi connectivity index (χ0) is 20.6. The Kier molecular flexibility index (Phi) is 4.73. The number of carbonyl (C=O) groups excluding carboxylic acids is 1. The molecule has 146 valence electrons. The average molecular weight is 428 g/mol. The van der Waals surface area contributed by atoms with Gasteiger partial charge in [0, 0.05) is 11.1 Å². The maximum Gasteiger partial charge on any atom is 0.345 e. The molecule has 4 aromatic rings. The van der Waals surface area contributed by atoms with Crippen molar-refractivity contribution in [1.82, 2.24) is 9.19 Å². The Hall–Kier alpha value is -3.36. The van der Waals surface area contributed by atoms with Crippen molar-refractivity contribution in [3.8, 4) is 5.88 Å². The topological polar surface area (TPSA) is 104 Å². The van der Waals surface area contributed by atoms with Gasteiger partial charge in [-0.3, -0.25) is 0 Å². The number of esters is 1. The summed E-state index contributed by atoms with van der Waals surface area (Å²) >= 11 is 5.80. The number of ether oxygens (including phenoxy) is 1. The van der Waals surface area contributed by atoms with Gasteiger partial charge in [0.15, 0.2) is 0 Å². The molecule has 4 rings (SSSR count). The minimum absolute atomic E-state index is 0.0522. The predicted octanol–water partition coefficient (Wildman–Crippen LogP) is 3.73. The van der Waals surface area contributed by atoms with Gasteiger partial charge in [0.25, 0.3) is 10.0 Å². The Labute approximate surface area is 171 Å². The minimum Gasteiger partial charge on any atom is -0.402 e. The zero-order valence-corrected chi connectivity index (χ0v) is 16.4. The molecule has 0 saturated carbocycles. The third-order valence-corrected chi connectivity index (χ3v) is 6.10. The number of hydrogen-bond donors (Lipinski definition) is 1. The van der Waals surface area contributed by atoms with Crippen LogP contribution in [-0.4, -0.2) is 23.6 Å². The Morgan fingerprint density at radius 2 is 1.69 bits per heavy atom. The van der Waals surface area contributed by atoms with Crippen LogP contribution in [-0.2, 0) is 10.0 Å². The zero-order valence-electron chi connectivity index (χ0n) is 14.8. The van der Waals surface area contributed by atoms with Crippen LogP contribution in [0.25, 0.3) is 10.8 Å². The summed E-state index contributed by atoms with van der Waals surface area (Å²) in [4.78, 5) is 12.6. The third kappa shape index (κ3) is 3.55. The lowest BCUT2D eigenvalue weighted by Crippen LogP contribution is -2.17. The lowest BCUT2D eigenvalue weighted by molar-refractivity contribution is 0.0729. The summed E-state index contributed by atoms with van der Waals surface area (Å²) in [7, 11) is -4.07. The van der Waals surface area contributed by atoms with E-state index < -0.39 is 16.0 Å². The molecule has 0 aliphatic carbocycles. The summed E-state index contributed by atoms with van der Waals surface area (Å²) in [6, 6.07) is 19.3. The van der Waals surface area contributed by atoms with Gasteiger partial charge in [-0.25, -0.2) is 4.79 Å². The van der Waals surface area contributed by atoms with E-state index in [0.717, 1.165) is 5.39 Å². The summed E-state index contributed by atoms with van der Waals surface area (Å²) in [5.41, 5.74) is 6.13. The second-order valence-electron chi connectivity index (χ2n) is 6.13. The van der Waals surface area contributed by atoms with Crippen molar-refractivity contribution in [2.45, 2.75) is 4.90 Å². The molecule has 0 saturated heterocycles. The number of nitrogens with zero attached hydrogens (tertiary/aromatic N) is 2. The molecule has 3 aromatic carbocycles. The molecular formula is C20H14ClN3O4S. The molecule has 2 N–H and O–H groups in total. The Balaban J connectivity index is 1.66. The van der Waals surface area contributed by atoms with Crippen molar-refractivity contribution in [3.63, 3.8) is 0 Å². The lowest BCUT2D eigenvalue weighted by Gasteiger charge is -2.06. The summed E-state index contributed by atoms with van der Waals surface area (Å²) < 4.78 is 31.4. The third-order valence-electron chi connectivity index (χ3n) is 4.23. The minimum atomic E-state index is -4.07. The quantitative estimate of drug-likeness (QED) is 0.497. The van der Waals surface area contributed by atoms with Crippen LogP contribution in [0.3, 0.4) is 0 Å². The first-order chi connectivity index (χ1) is 13.9. The maximum absolute atomic E-state index is 12.7. The van der Waals surface area contributed by atoms with E-state index in [9.17, 15) is 13.2 Å². The molecule has 0 spiro atoms. The van der Waals surface area contributed by atoms with E-state index in [0.29, 0.717) is 20.1 Å². The number of fused-ring (bicyclic) bond motifs is 1. The van der Waals surface area contributed by atoms with Crippen LogP contribution in [0.2, 0.25) is 5.02 Å². The first kappa shape index (κ1) is 19.0. The summed E-state index contributed by atoms with van der Waals surface area (Å²) in [6.45, 7) is 0. The second kappa shape index (κ2) is 7.23. The van der Waals surface area contributed by atoms with E-state index in [1.54, 1.807) is 18.2 Å². The van der Waals surface area contributed by atoms with Crippen LogP contribution in [0.5, 0.6) is 5.88 Å². The molecule has 0 fully saturated rings. The lowest BCUT2D eigenvalue weighted by atomic mass is 10.1. The van der Waals surface area contributed by atoms with Crippen LogP contribution in [0.15, 0.2) is 77.7 Å². The van der Waals surface area contributed by atoms with E-state index in [4.69, 9.17) is 22.1 Å². The molecule has 9 heteroatoms. The van der Waals surface area contributed by atoms with Gasteiger partial charge < -0.3 is 10.5 Å². The van der Waals surface area contributed by atoms with Crippen molar-refractivity contribution < 1.29 is 17.9 Å². The van der Waals surface area contributed by atoms with Crippen LogP contribution in [0.4, 0.5) is 5.82 Å². The van der Waals surface area contributed by atoms with Crippen LogP contribution < -0.4 is 10.5 Å². The number of nitrogen functional groups attached to an aromatic ring is 1. The average Bonchev–Trinajstić information content (AvgIpc) is 3.08. The summed E-state index contributed by atoms with van der Waals surface area (Å²) in [5, 5.41) is 5.83. The molecular weight excluding hydrogens is 414 g/mol. The standard InChI is InChI=1S/C20H14ClN3O4S/c21-14-8-10-15(11-9-14)29(26,27)24-18(22)12-19(23-24)28-20(25)17-7-3-5-13-4-1-2-6-16(13)17/h1-12H,22H2. The fourth-order valence-corrected chi connectivity index (χ4v) is 4.18. The number of aromatic nitrogens is 2. The summed E-state index contributed by atoms with van der Waals surface area (Å²) in [5.74, 6) is -1.09. The smallest absolute Gasteiger partial charge is 0.345 e. The largest absolute Gasteiger partial charge is 0.402 e. The monoisotopic (exact) mass is 427 g/mol. The fourth-order valence-electron chi connectivity index (χ4n) is 2.86. The number of rotatable bonds is 4. The predicted molar refractivity (Wildman–Crippen MR) is 110 cm³/mol. The highest BCUT2D eigenvalue weighted by molar-refractivity contribution is 7.90. The van der Waals surface area contributed by atoms with Crippen LogP contribution >= 0.6 is 11.6 Å². The highest BCUT2D eigenvalue weighted by Crippen LogP contribution is 2.24. The van der Waals surface area contributed by atoms with Crippen molar-refractivity contribution in [3.05, 3.63) is 83.4 Å². The van der Waals surface area contributed by atoms with Gasteiger partial charge >= 0.3 is 5.97 Å². The Morgan fingerprint density at radius 3 is 2.45 bits per heavy atom. The molecule has 0 atom stereocenters. The number of anilines is 1. The Bertz CT molecular complexity index is 1330.